The first-order valence-corrected chi connectivity index (χ1v) is 7.27. The third-order valence-corrected chi connectivity index (χ3v) is 2.20. The maximum absolute atomic E-state index is 10.9. The summed E-state index contributed by atoms with van der Waals surface area (Å²) in [6, 6.07) is 0. The number of esters is 2. The number of ether oxygens (including phenoxy) is 2. The number of carbonyl (C=O) groups is 2. The summed E-state index contributed by atoms with van der Waals surface area (Å²) in [6.07, 6.45) is 1.99. The molecule has 0 aromatic rings. The van der Waals surface area contributed by atoms with Crippen molar-refractivity contribution in [3.63, 3.8) is 0 Å². The first-order chi connectivity index (χ1) is 9.57. The zero-order chi connectivity index (χ0) is 17.0. The van der Waals surface area contributed by atoms with Crippen LogP contribution in [-0.2, 0) is 19.1 Å². The average Bonchev–Trinajstić information content (AvgIpc) is 2.33. The predicted molar refractivity (Wildman–Crippen MR) is 85.9 cm³/mol. The second-order valence-electron chi connectivity index (χ2n) is 5.69. The van der Waals surface area contributed by atoms with Crippen LogP contribution in [0, 0.1) is 5.92 Å². The fourth-order valence-corrected chi connectivity index (χ4v) is 1.09. The Hall–Kier alpha value is -1.58. The minimum Gasteiger partial charge on any atom is -0.462 e. The normalized spacial score (nSPS) is 9.71. The van der Waals surface area contributed by atoms with Gasteiger partial charge in [0.25, 0.3) is 0 Å². The molecule has 0 spiro atoms. The van der Waals surface area contributed by atoms with Crippen LogP contribution in [0.2, 0.25) is 0 Å². The molecule has 21 heavy (non-hydrogen) atoms. The lowest BCUT2D eigenvalue weighted by molar-refractivity contribution is -0.142. The van der Waals surface area contributed by atoms with Gasteiger partial charge in [-0.1, -0.05) is 27.0 Å². The Morgan fingerprint density at radius 3 is 1.71 bits per heavy atom. The summed E-state index contributed by atoms with van der Waals surface area (Å²) >= 11 is 0. The van der Waals surface area contributed by atoms with Crippen LogP contribution in [-0.4, -0.2) is 24.6 Å². The maximum Gasteiger partial charge on any atom is 0.333 e. The first-order valence-electron chi connectivity index (χ1n) is 7.27. The molecule has 0 bridgehead atoms. The van der Waals surface area contributed by atoms with Crippen LogP contribution < -0.4 is 0 Å². The molecule has 4 nitrogen and oxygen atoms in total. The average molecular weight is 298 g/mol. The summed E-state index contributed by atoms with van der Waals surface area (Å²) < 4.78 is 9.69. The summed E-state index contributed by atoms with van der Waals surface area (Å²) in [7, 11) is 0. The lowest BCUT2D eigenvalue weighted by atomic mass is 10.1. The van der Waals surface area contributed by atoms with E-state index < -0.39 is 0 Å². The second-order valence-corrected chi connectivity index (χ2v) is 5.69. The molecule has 0 unspecified atom stereocenters. The minimum atomic E-state index is -0.315. The van der Waals surface area contributed by atoms with Crippen molar-refractivity contribution in [1.29, 1.82) is 0 Å². The molecular formula is C17H30O4. The van der Waals surface area contributed by atoms with Crippen LogP contribution in [0.25, 0.3) is 0 Å². The van der Waals surface area contributed by atoms with Gasteiger partial charge in [0.1, 0.15) is 0 Å². The van der Waals surface area contributed by atoms with E-state index >= 15 is 0 Å². The van der Waals surface area contributed by atoms with Gasteiger partial charge in [-0.05, 0) is 46.5 Å². The molecule has 0 atom stereocenters. The molecule has 0 aromatic carbocycles. The van der Waals surface area contributed by atoms with Crippen LogP contribution in [0.15, 0.2) is 24.3 Å². The van der Waals surface area contributed by atoms with Gasteiger partial charge in [-0.2, -0.15) is 0 Å². The Morgan fingerprint density at radius 1 is 0.952 bits per heavy atom. The van der Waals surface area contributed by atoms with Gasteiger partial charge in [0.2, 0.25) is 0 Å². The summed E-state index contributed by atoms with van der Waals surface area (Å²) in [5.41, 5.74) is 0.920. The molecule has 0 saturated carbocycles. The van der Waals surface area contributed by atoms with Crippen molar-refractivity contribution < 1.29 is 19.1 Å². The lowest BCUT2D eigenvalue weighted by Crippen LogP contribution is -2.11. The Kier molecular flexibility index (Phi) is 12.6. The van der Waals surface area contributed by atoms with Crippen LogP contribution >= 0.6 is 0 Å². The van der Waals surface area contributed by atoms with E-state index in [-0.39, 0.29) is 18.0 Å². The molecule has 0 saturated heterocycles. The van der Waals surface area contributed by atoms with E-state index in [1.54, 1.807) is 27.7 Å². The number of carbonyl (C=O) groups excluding carboxylic acids is 2. The standard InChI is InChI=1S/C10H18O2.C7H12O2/c1-8(2)6-5-7-12-10(11)9(3)4;1-5(2)7(8)9-6(3)4/h8H,3,5-7H2,1-2,4H3;6H,1H2,2-4H3. The summed E-state index contributed by atoms with van der Waals surface area (Å²) in [5.74, 6) is 0.0808. The van der Waals surface area contributed by atoms with Gasteiger partial charge < -0.3 is 9.47 Å². The van der Waals surface area contributed by atoms with E-state index in [9.17, 15) is 9.59 Å². The topological polar surface area (TPSA) is 52.6 Å². The quantitative estimate of drug-likeness (QED) is 0.404. The van der Waals surface area contributed by atoms with Crippen molar-refractivity contribution in [3.8, 4) is 0 Å². The predicted octanol–water partition coefficient (Wildman–Crippen LogP) is 4.06. The molecule has 0 aliphatic heterocycles. The Labute approximate surface area is 129 Å². The van der Waals surface area contributed by atoms with Gasteiger partial charge >= 0.3 is 11.9 Å². The van der Waals surface area contributed by atoms with Crippen molar-refractivity contribution in [2.24, 2.45) is 5.92 Å². The van der Waals surface area contributed by atoms with Gasteiger partial charge in [0.05, 0.1) is 12.7 Å². The van der Waals surface area contributed by atoms with Gasteiger partial charge in [-0.25, -0.2) is 9.59 Å². The van der Waals surface area contributed by atoms with E-state index in [0.717, 1.165) is 12.8 Å². The van der Waals surface area contributed by atoms with Crippen molar-refractivity contribution in [3.05, 3.63) is 24.3 Å². The van der Waals surface area contributed by atoms with Gasteiger partial charge in [0, 0.05) is 11.1 Å². The van der Waals surface area contributed by atoms with Crippen LogP contribution in [0.1, 0.15) is 54.4 Å². The highest BCUT2D eigenvalue weighted by molar-refractivity contribution is 5.87. The SMILES string of the molecule is C=C(C)C(=O)OC(C)C.C=C(C)C(=O)OCCCC(C)C. The van der Waals surface area contributed by atoms with E-state index in [1.165, 1.54) is 0 Å². The molecule has 0 aromatic heterocycles. The molecule has 0 rings (SSSR count). The molecule has 0 N–H and O–H groups in total. The molecule has 4 heteroatoms. The highest BCUT2D eigenvalue weighted by atomic mass is 16.5. The summed E-state index contributed by atoms with van der Waals surface area (Å²) in [5, 5.41) is 0. The Morgan fingerprint density at radius 2 is 1.43 bits per heavy atom. The second kappa shape index (κ2) is 12.2. The number of hydrogen-bond donors (Lipinski definition) is 0. The van der Waals surface area contributed by atoms with Crippen molar-refractivity contribution >= 4 is 11.9 Å². The molecule has 122 valence electrons. The minimum absolute atomic E-state index is 0.0470. The van der Waals surface area contributed by atoms with Crippen molar-refractivity contribution in [2.45, 2.75) is 60.5 Å². The third kappa shape index (κ3) is 16.4. The van der Waals surface area contributed by atoms with Gasteiger partial charge in [-0.3, -0.25) is 0 Å². The number of hydrogen-bond acceptors (Lipinski definition) is 4. The fraction of sp³-hybridized carbons (Fsp3) is 0.647. The van der Waals surface area contributed by atoms with Crippen molar-refractivity contribution in [2.75, 3.05) is 6.61 Å². The van der Waals surface area contributed by atoms with Crippen LogP contribution in [0.5, 0.6) is 0 Å². The molecular weight excluding hydrogens is 268 g/mol. The zero-order valence-corrected chi connectivity index (χ0v) is 14.3. The Balaban J connectivity index is 0. The van der Waals surface area contributed by atoms with E-state index in [0.29, 0.717) is 23.7 Å². The van der Waals surface area contributed by atoms with Crippen molar-refractivity contribution in [1.82, 2.24) is 0 Å². The fourth-order valence-electron chi connectivity index (χ4n) is 1.09. The molecule has 0 aliphatic carbocycles. The lowest BCUT2D eigenvalue weighted by Gasteiger charge is -2.05. The smallest absolute Gasteiger partial charge is 0.333 e. The zero-order valence-electron chi connectivity index (χ0n) is 14.3. The van der Waals surface area contributed by atoms with E-state index in [2.05, 4.69) is 27.0 Å². The molecule has 0 amide bonds. The maximum atomic E-state index is 10.9. The van der Waals surface area contributed by atoms with Crippen LogP contribution in [0.4, 0.5) is 0 Å². The summed E-state index contributed by atoms with van der Waals surface area (Å²) in [4.78, 5) is 21.5. The van der Waals surface area contributed by atoms with Crippen LogP contribution in [0.3, 0.4) is 0 Å². The van der Waals surface area contributed by atoms with E-state index in [1.807, 2.05) is 0 Å². The highest BCUT2D eigenvalue weighted by Gasteiger charge is 2.04. The monoisotopic (exact) mass is 298 g/mol. The van der Waals surface area contributed by atoms with E-state index in [4.69, 9.17) is 9.47 Å². The molecule has 0 fully saturated rings. The number of rotatable bonds is 7. The first kappa shape index (κ1) is 21.7. The molecule has 0 aliphatic rings. The Bertz CT molecular complexity index is 354. The highest BCUT2D eigenvalue weighted by Crippen LogP contribution is 2.04. The van der Waals surface area contributed by atoms with Gasteiger partial charge in [0.15, 0.2) is 0 Å². The third-order valence-electron chi connectivity index (χ3n) is 2.20. The summed E-state index contributed by atoms with van der Waals surface area (Å²) in [6.45, 7) is 18.7. The molecule has 0 heterocycles. The largest absolute Gasteiger partial charge is 0.462 e. The molecule has 0 radical (unpaired) electrons. The van der Waals surface area contributed by atoms with Gasteiger partial charge in [-0.15, -0.1) is 0 Å².